The van der Waals surface area contributed by atoms with Gasteiger partial charge in [-0.25, -0.2) is 0 Å². The second-order valence-corrected chi connectivity index (χ2v) is 7.04. The third-order valence-electron chi connectivity index (χ3n) is 5.16. The van der Waals surface area contributed by atoms with E-state index in [1.807, 2.05) is 0 Å². The van der Waals surface area contributed by atoms with Crippen molar-refractivity contribution in [3.63, 3.8) is 0 Å². The maximum Gasteiger partial charge on any atom is 0.0585 e. The smallest absolute Gasteiger partial charge is 0.0585 e. The van der Waals surface area contributed by atoms with Crippen LogP contribution in [0.15, 0.2) is 0 Å². The largest absolute Gasteiger partial charge is 0.395 e. The van der Waals surface area contributed by atoms with E-state index in [-0.39, 0.29) is 12.6 Å². The van der Waals surface area contributed by atoms with Gasteiger partial charge in [-0.05, 0) is 57.2 Å². The highest BCUT2D eigenvalue weighted by Gasteiger charge is 2.36. The molecule has 0 aromatic carbocycles. The van der Waals surface area contributed by atoms with E-state index in [1.165, 1.54) is 51.6 Å². The molecule has 2 fully saturated rings. The fourth-order valence-corrected chi connectivity index (χ4v) is 3.91. The van der Waals surface area contributed by atoms with Crippen molar-refractivity contribution in [1.29, 1.82) is 0 Å². The first-order chi connectivity index (χ1) is 9.13. The number of hydrogen-bond acceptors (Lipinski definition) is 3. The molecular weight excluding hydrogens is 236 g/mol. The van der Waals surface area contributed by atoms with Gasteiger partial charge in [0.05, 0.1) is 6.61 Å². The first-order valence-electron chi connectivity index (χ1n) is 8.23. The molecule has 0 bridgehead atoms. The molecule has 0 amide bonds. The van der Waals surface area contributed by atoms with Crippen molar-refractivity contribution in [1.82, 2.24) is 10.2 Å². The van der Waals surface area contributed by atoms with E-state index in [0.717, 1.165) is 18.4 Å². The van der Waals surface area contributed by atoms with Gasteiger partial charge in [0.25, 0.3) is 0 Å². The van der Waals surface area contributed by atoms with E-state index >= 15 is 0 Å². The third-order valence-corrected chi connectivity index (χ3v) is 5.16. The van der Waals surface area contributed by atoms with Crippen LogP contribution in [0.3, 0.4) is 0 Å². The zero-order chi connectivity index (χ0) is 13.7. The molecule has 1 unspecified atom stereocenters. The Labute approximate surface area is 118 Å². The van der Waals surface area contributed by atoms with Crippen LogP contribution in [0.2, 0.25) is 0 Å². The van der Waals surface area contributed by atoms with Gasteiger partial charge in [-0.3, -0.25) is 0 Å². The van der Waals surface area contributed by atoms with Crippen LogP contribution in [0.1, 0.15) is 58.8 Å². The molecule has 1 atom stereocenters. The Kier molecular flexibility index (Phi) is 5.67. The molecule has 2 rings (SSSR count). The second-order valence-electron chi connectivity index (χ2n) is 7.04. The van der Waals surface area contributed by atoms with E-state index < -0.39 is 0 Å². The first kappa shape index (κ1) is 15.3. The molecule has 1 spiro atoms. The highest BCUT2D eigenvalue weighted by Crippen LogP contribution is 2.46. The maximum atomic E-state index is 9.39. The normalized spacial score (nSPS) is 25.3. The summed E-state index contributed by atoms with van der Waals surface area (Å²) in [5.41, 5.74) is 0.725. The van der Waals surface area contributed by atoms with Crippen molar-refractivity contribution in [3.8, 4) is 0 Å². The molecule has 0 aromatic rings. The number of aliphatic hydroxyl groups is 1. The summed E-state index contributed by atoms with van der Waals surface area (Å²) in [4.78, 5) is 2.61. The minimum Gasteiger partial charge on any atom is -0.395 e. The van der Waals surface area contributed by atoms with Gasteiger partial charge in [0.2, 0.25) is 0 Å². The van der Waals surface area contributed by atoms with Crippen LogP contribution in [0, 0.1) is 5.41 Å². The van der Waals surface area contributed by atoms with Crippen molar-refractivity contribution >= 4 is 0 Å². The Bertz CT molecular complexity index is 251. The van der Waals surface area contributed by atoms with E-state index in [4.69, 9.17) is 0 Å². The lowest BCUT2D eigenvalue weighted by Gasteiger charge is -2.39. The molecule has 1 aliphatic heterocycles. The molecule has 1 saturated carbocycles. The van der Waals surface area contributed by atoms with Gasteiger partial charge in [0.1, 0.15) is 0 Å². The average Bonchev–Trinajstić information content (AvgIpc) is 2.84. The van der Waals surface area contributed by atoms with Gasteiger partial charge >= 0.3 is 0 Å². The number of nitrogens with one attached hydrogen (secondary N) is 1. The highest BCUT2D eigenvalue weighted by atomic mass is 16.3. The fourth-order valence-electron chi connectivity index (χ4n) is 3.91. The average molecular weight is 268 g/mol. The minimum absolute atomic E-state index is 0.260. The minimum atomic E-state index is 0.260. The van der Waals surface area contributed by atoms with Gasteiger partial charge in [-0.15, -0.1) is 0 Å². The second kappa shape index (κ2) is 7.05. The molecule has 3 nitrogen and oxygen atoms in total. The van der Waals surface area contributed by atoms with Gasteiger partial charge in [-0.2, -0.15) is 0 Å². The van der Waals surface area contributed by atoms with Crippen LogP contribution in [0.4, 0.5) is 0 Å². The Balaban J connectivity index is 1.67. The van der Waals surface area contributed by atoms with Crippen LogP contribution in [-0.2, 0) is 0 Å². The first-order valence-corrected chi connectivity index (χ1v) is 8.23. The van der Waals surface area contributed by atoms with Crippen molar-refractivity contribution in [3.05, 3.63) is 0 Å². The van der Waals surface area contributed by atoms with Crippen LogP contribution >= 0.6 is 0 Å². The Morgan fingerprint density at radius 1 is 1.11 bits per heavy atom. The van der Waals surface area contributed by atoms with Crippen LogP contribution in [-0.4, -0.2) is 48.3 Å². The zero-order valence-corrected chi connectivity index (χ0v) is 12.8. The molecule has 1 aliphatic carbocycles. The highest BCUT2D eigenvalue weighted by molar-refractivity contribution is 4.89. The lowest BCUT2D eigenvalue weighted by Crippen LogP contribution is -2.43. The number of likely N-dealkylation sites (tertiary alicyclic amines) is 1. The summed E-state index contributed by atoms with van der Waals surface area (Å²) in [6.07, 6.45) is 9.78. The lowest BCUT2D eigenvalue weighted by molar-refractivity contribution is 0.101. The van der Waals surface area contributed by atoms with Gasteiger partial charge in [-0.1, -0.05) is 26.7 Å². The molecule has 19 heavy (non-hydrogen) atoms. The van der Waals surface area contributed by atoms with E-state index in [1.54, 1.807) is 0 Å². The lowest BCUT2D eigenvalue weighted by atomic mass is 9.77. The number of rotatable bonds is 6. The summed E-state index contributed by atoms with van der Waals surface area (Å²) in [5.74, 6) is 0. The SMILES string of the molecule is CC(C)NC(CO)CCN1CCC2(CCCC2)CC1. The zero-order valence-electron chi connectivity index (χ0n) is 12.8. The topological polar surface area (TPSA) is 35.5 Å². The molecule has 112 valence electrons. The van der Waals surface area contributed by atoms with E-state index in [2.05, 4.69) is 24.1 Å². The summed E-state index contributed by atoms with van der Waals surface area (Å²) in [5, 5.41) is 12.8. The number of nitrogens with zero attached hydrogens (tertiary/aromatic N) is 1. The van der Waals surface area contributed by atoms with Crippen molar-refractivity contribution < 1.29 is 5.11 Å². The predicted molar refractivity (Wildman–Crippen MR) is 80.3 cm³/mol. The third kappa shape index (κ3) is 4.44. The number of hydrogen-bond donors (Lipinski definition) is 2. The summed E-state index contributed by atoms with van der Waals surface area (Å²) in [6, 6.07) is 0.725. The van der Waals surface area contributed by atoms with Crippen LogP contribution < -0.4 is 5.32 Å². The monoisotopic (exact) mass is 268 g/mol. The predicted octanol–water partition coefficient (Wildman–Crippen LogP) is 2.39. The Hall–Kier alpha value is -0.120. The fraction of sp³-hybridized carbons (Fsp3) is 1.00. The van der Waals surface area contributed by atoms with E-state index in [0.29, 0.717) is 6.04 Å². The van der Waals surface area contributed by atoms with Gasteiger partial charge in [0.15, 0.2) is 0 Å². The van der Waals surface area contributed by atoms with Crippen molar-refractivity contribution in [2.75, 3.05) is 26.2 Å². The molecule has 3 heteroatoms. The molecule has 1 saturated heterocycles. The van der Waals surface area contributed by atoms with Gasteiger partial charge < -0.3 is 15.3 Å². The van der Waals surface area contributed by atoms with Gasteiger partial charge in [0, 0.05) is 12.1 Å². The van der Waals surface area contributed by atoms with Crippen LogP contribution in [0.5, 0.6) is 0 Å². The molecule has 0 radical (unpaired) electrons. The van der Waals surface area contributed by atoms with E-state index in [9.17, 15) is 5.11 Å². The summed E-state index contributed by atoms with van der Waals surface area (Å²) >= 11 is 0. The summed E-state index contributed by atoms with van der Waals surface area (Å²) < 4.78 is 0. The molecular formula is C16H32N2O. The standard InChI is InChI=1S/C16H32N2O/c1-14(2)17-15(13-19)5-10-18-11-8-16(9-12-18)6-3-4-7-16/h14-15,17,19H,3-13H2,1-2H3. The summed E-state index contributed by atoms with van der Waals surface area (Å²) in [6.45, 7) is 8.25. The molecule has 0 aromatic heterocycles. The molecule has 2 N–H and O–H groups in total. The quantitative estimate of drug-likeness (QED) is 0.776. The van der Waals surface area contributed by atoms with Crippen molar-refractivity contribution in [2.45, 2.75) is 70.9 Å². The Morgan fingerprint density at radius 2 is 1.74 bits per heavy atom. The summed E-state index contributed by atoms with van der Waals surface area (Å²) in [7, 11) is 0. The number of piperidine rings is 1. The number of aliphatic hydroxyl groups excluding tert-OH is 1. The molecule has 1 heterocycles. The Morgan fingerprint density at radius 3 is 2.26 bits per heavy atom. The molecule has 2 aliphatic rings. The maximum absolute atomic E-state index is 9.39. The van der Waals surface area contributed by atoms with Crippen LogP contribution in [0.25, 0.3) is 0 Å². The van der Waals surface area contributed by atoms with Crippen molar-refractivity contribution in [2.24, 2.45) is 5.41 Å².